The Labute approximate surface area is 125 Å². The number of aryl methyl sites for hydroxylation is 1. The van der Waals surface area contributed by atoms with E-state index >= 15 is 0 Å². The lowest BCUT2D eigenvalue weighted by Gasteiger charge is -2.07. The van der Waals surface area contributed by atoms with E-state index in [0.29, 0.717) is 17.1 Å². The van der Waals surface area contributed by atoms with Crippen molar-refractivity contribution in [3.05, 3.63) is 62.8 Å². The molecule has 0 saturated heterocycles. The van der Waals surface area contributed by atoms with Crippen LogP contribution in [0.15, 0.2) is 41.0 Å². The highest BCUT2D eigenvalue weighted by molar-refractivity contribution is 9.10. The smallest absolute Gasteiger partial charge is 0.254 e. The van der Waals surface area contributed by atoms with Gasteiger partial charge in [0.1, 0.15) is 0 Å². The van der Waals surface area contributed by atoms with E-state index in [0.717, 1.165) is 15.7 Å². The van der Waals surface area contributed by atoms with Crippen molar-refractivity contribution in [1.82, 2.24) is 10.3 Å². The first-order valence-corrected chi connectivity index (χ1v) is 6.88. The van der Waals surface area contributed by atoms with Crippen LogP contribution in [0.4, 0.5) is 0 Å². The lowest BCUT2D eigenvalue weighted by molar-refractivity contribution is 0.0950. The van der Waals surface area contributed by atoms with Crippen molar-refractivity contribution in [3.63, 3.8) is 0 Å². The fraction of sp³-hybridized carbons (Fsp3) is 0.143. The third-order valence-electron chi connectivity index (χ3n) is 2.60. The van der Waals surface area contributed by atoms with E-state index in [4.69, 9.17) is 11.6 Å². The van der Waals surface area contributed by atoms with Crippen LogP contribution in [0.2, 0.25) is 5.02 Å². The minimum atomic E-state index is -0.222. The molecule has 0 aliphatic rings. The monoisotopic (exact) mass is 338 g/mol. The van der Waals surface area contributed by atoms with Crippen molar-refractivity contribution in [2.24, 2.45) is 0 Å². The molecule has 2 aromatic rings. The molecule has 5 heteroatoms. The molecule has 98 valence electrons. The predicted octanol–water partition coefficient (Wildman–Crippen LogP) is 3.74. The first-order valence-electron chi connectivity index (χ1n) is 5.71. The maximum Gasteiger partial charge on any atom is 0.254 e. The summed E-state index contributed by atoms with van der Waals surface area (Å²) in [5, 5.41) is 3.23. The van der Waals surface area contributed by atoms with E-state index in [1.807, 2.05) is 31.2 Å². The first-order chi connectivity index (χ1) is 9.06. The van der Waals surface area contributed by atoms with E-state index < -0.39 is 0 Å². The van der Waals surface area contributed by atoms with Gasteiger partial charge in [0.05, 0.1) is 10.6 Å². The van der Waals surface area contributed by atoms with Crippen LogP contribution < -0.4 is 5.32 Å². The summed E-state index contributed by atoms with van der Waals surface area (Å²) < 4.78 is 1.01. The number of carbonyl (C=O) groups excluding carboxylic acids is 1. The number of hydrogen-bond donors (Lipinski definition) is 1. The molecule has 0 aliphatic heterocycles. The van der Waals surface area contributed by atoms with Crippen LogP contribution >= 0.6 is 27.5 Å². The summed E-state index contributed by atoms with van der Waals surface area (Å²) in [5.41, 5.74) is 2.20. The quantitative estimate of drug-likeness (QED) is 0.925. The molecule has 1 aromatic heterocycles. The Bertz CT molecular complexity index is 599. The number of rotatable bonds is 3. The van der Waals surface area contributed by atoms with Gasteiger partial charge < -0.3 is 5.32 Å². The van der Waals surface area contributed by atoms with Gasteiger partial charge in [-0.25, -0.2) is 0 Å². The van der Waals surface area contributed by atoms with E-state index in [1.54, 1.807) is 6.07 Å². The molecule has 1 amide bonds. The van der Waals surface area contributed by atoms with Crippen molar-refractivity contribution in [2.45, 2.75) is 13.5 Å². The second kappa shape index (κ2) is 6.17. The van der Waals surface area contributed by atoms with Gasteiger partial charge in [-0.1, -0.05) is 39.7 Å². The zero-order chi connectivity index (χ0) is 13.8. The average molecular weight is 340 g/mol. The Kier molecular flexibility index (Phi) is 4.56. The fourth-order valence-electron chi connectivity index (χ4n) is 1.57. The third kappa shape index (κ3) is 3.78. The number of nitrogens with one attached hydrogen (secondary N) is 1. The molecule has 0 bridgehead atoms. The summed E-state index contributed by atoms with van der Waals surface area (Å²) in [6.07, 6.45) is 1.49. The molecule has 19 heavy (non-hydrogen) atoms. The summed E-state index contributed by atoms with van der Waals surface area (Å²) in [4.78, 5) is 16.0. The van der Waals surface area contributed by atoms with Gasteiger partial charge in [0.2, 0.25) is 0 Å². The maximum atomic E-state index is 12.0. The fourth-order valence-corrected chi connectivity index (χ4v) is 2.13. The van der Waals surface area contributed by atoms with Gasteiger partial charge in [-0.2, -0.15) is 0 Å². The van der Waals surface area contributed by atoms with Crippen molar-refractivity contribution in [2.75, 3.05) is 0 Å². The van der Waals surface area contributed by atoms with E-state index in [-0.39, 0.29) is 5.91 Å². The number of benzene rings is 1. The standard InChI is InChI=1S/C14H12BrClN2O/c1-9-6-13(16)12(8-17-9)14(19)18-7-10-2-4-11(15)5-3-10/h2-6,8H,7H2,1H3,(H,18,19). The van der Waals surface area contributed by atoms with Crippen LogP contribution in [-0.2, 0) is 6.54 Å². The average Bonchev–Trinajstić information content (AvgIpc) is 2.37. The lowest BCUT2D eigenvalue weighted by Crippen LogP contribution is -2.23. The van der Waals surface area contributed by atoms with Gasteiger partial charge in [-0.3, -0.25) is 9.78 Å². The molecule has 1 heterocycles. The second-order valence-electron chi connectivity index (χ2n) is 4.11. The molecule has 1 N–H and O–H groups in total. The van der Waals surface area contributed by atoms with Gasteiger partial charge in [0.15, 0.2) is 0 Å². The van der Waals surface area contributed by atoms with E-state index in [9.17, 15) is 4.79 Å². The van der Waals surface area contributed by atoms with Crippen LogP contribution in [0.3, 0.4) is 0 Å². The Morgan fingerprint density at radius 2 is 2.05 bits per heavy atom. The highest BCUT2D eigenvalue weighted by Gasteiger charge is 2.10. The third-order valence-corrected chi connectivity index (χ3v) is 3.44. The summed E-state index contributed by atoms with van der Waals surface area (Å²) >= 11 is 9.39. The normalized spacial score (nSPS) is 10.3. The Morgan fingerprint density at radius 1 is 1.37 bits per heavy atom. The minimum Gasteiger partial charge on any atom is -0.348 e. The molecule has 1 aromatic carbocycles. The summed E-state index contributed by atoms with van der Waals surface area (Å²) in [6, 6.07) is 9.43. The number of pyridine rings is 1. The zero-order valence-corrected chi connectivity index (χ0v) is 12.6. The van der Waals surface area contributed by atoms with Gasteiger partial charge in [-0.15, -0.1) is 0 Å². The lowest BCUT2D eigenvalue weighted by atomic mass is 10.2. The topological polar surface area (TPSA) is 42.0 Å². The molecule has 0 saturated carbocycles. The zero-order valence-electron chi connectivity index (χ0n) is 10.3. The van der Waals surface area contributed by atoms with Crippen molar-refractivity contribution < 1.29 is 4.79 Å². The number of hydrogen-bond acceptors (Lipinski definition) is 2. The maximum absolute atomic E-state index is 12.0. The SMILES string of the molecule is Cc1cc(Cl)c(C(=O)NCc2ccc(Br)cc2)cn1. The number of carbonyl (C=O) groups is 1. The van der Waals surface area contributed by atoms with Gasteiger partial charge >= 0.3 is 0 Å². The summed E-state index contributed by atoms with van der Waals surface area (Å²) in [7, 11) is 0. The predicted molar refractivity (Wildman–Crippen MR) is 79.3 cm³/mol. The first kappa shape index (κ1) is 14.0. The second-order valence-corrected chi connectivity index (χ2v) is 5.44. The van der Waals surface area contributed by atoms with E-state index in [2.05, 4.69) is 26.2 Å². The molecule has 0 aliphatic carbocycles. The molecule has 0 spiro atoms. The van der Waals surface area contributed by atoms with E-state index in [1.165, 1.54) is 6.20 Å². The van der Waals surface area contributed by atoms with Crippen molar-refractivity contribution in [1.29, 1.82) is 0 Å². The molecular weight excluding hydrogens is 328 g/mol. The Morgan fingerprint density at radius 3 is 2.68 bits per heavy atom. The van der Waals surface area contributed by atoms with Crippen LogP contribution in [0, 0.1) is 6.92 Å². The molecule has 0 atom stereocenters. The number of halogens is 2. The Hall–Kier alpha value is -1.39. The number of aromatic nitrogens is 1. The Balaban J connectivity index is 2.03. The number of nitrogens with zero attached hydrogens (tertiary/aromatic N) is 1. The molecular formula is C14H12BrClN2O. The highest BCUT2D eigenvalue weighted by Crippen LogP contribution is 2.16. The molecule has 2 rings (SSSR count). The number of amides is 1. The van der Waals surface area contributed by atoms with Crippen LogP contribution in [0.25, 0.3) is 0 Å². The minimum absolute atomic E-state index is 0.222. The molecule has 0 radical (unpaired) electrons. The van der Waals surface area contributed by atoms with Crippen molar-refractivity contribution >= 4 is 33.4 Å². The van der Waals surface area contributed by atoms with Crippen LogP contribution in [-0.4, -0.2) is 10.9 Å². The summed E-state index contributed by atoms with van der Waals surface area (Å²) in [5.74, 6) is -0.222. The summed E-state index contributed by atoms with van der Waals surface area (Å²) in [6.45, 7) is 2.28. The van der Waals surface area contributed by atoms with Crippen molar-refractivity contribution in [3.8, 4) is 0 Å². The van der Waals surface area contributed by atoms with Gasteiger partial charge in [-0.05, 0) is 30.7 Å². The van der Waals surface area contributed by atoms with Crippen LogP contribution in [0.1, 0.15) is 21.6 Å². The highest BCUT2D eigenvalue weighted by atomic mass is 79.9. The molecule has 0 unspecified atom stereocenters. The molecule has 0 fully saturated rings. The van der Waals surface area contributed by atoms with Gasteiger partial charge in [0.25, 0.3) is 5.91 Å². The van der Waals surface area contributed by atoms with Gasteiger partial charge in [0, 0.05) is 22.9 Å². The van der Waals surface area contributed by atoms with Crippen LogP contribution in [0.5, 0.6) is 0 Å². The largest absolute Gasteiger partial charge is 0.348 e. The molecule has 3 nitrogen and oxygen atoms in total.